The van der Waals surface area contributed by atoms with Gasteiger partial charge in [-0.2, -0.15) is 18.2 Å². The Morgan fingerprint density at radius 2 is 1.93 bits per heavy atom. The Balaban J connectivity index is 1.40. The summed E-state index contributed by atoms with van der Waals surface area (Å²) in [7, 11) is 0. The molecule has 0 amide bonds. The molecule has 8 heteroatoms. The molecule has 1 aliphatic heterocycles. The molecule has 3 heterocycles. The molecular formula is C19H18F3N3O2. The average Bonchev–Trinajstić information content (AvgIpc) is 3.16. The Morgan fingerprint density at radius 3 is 2.63 bits per heavy atom. The summed E-state index contributed by atoms with van der Waals surface area (Å²) in [4.78, 5) is 8.50. The highest BCUT2D eigenvalue weighted by molar-refractivity contribution is 5.75. The first-order chi connectivity index (χ1) is 12.8. The van der Waals surface area contributed by atoms with Crippen LogP contribution in [0.25, 0.3) is 11.0 Å². The van der Waals surface area contributed by atoms with E-state index in [1.807, 2.05) is 10.6 Å². The van der Waals surface area contributed by atoms with Crippen LogP contribution in [0, 0.1) is 0 Å². The summed E-state index contributed by atoms with van der Waals surface area (Å²) in [6.45, 7) is 3.18. The summed E-state index contributed by atoms with van der Waals surface area (Å²) in [5.41, 5.74) is -0.000698. The topological polar surface area (TPSA) is 49.2 Å². The lowest BCUT2D eigenvalue weighted by molar-refractivity contribution is -0.180. The Hall–Kier alpha value is -2.77. The van der Waals surface area contributed by atoms with Gasteiger partial charge in [0.2, 0.25) is 0 Å². The normalized spacial score (nSPS) is 17.0. The summed E-state index contributed by atoms with van der Waals surface area (Å²) in [5, 5.41) is 0. The third-order valence-corrected chi connectivity index (χ3v) is 4.89. The molecule has 0 unspecified atom stereocenters. The van der Waals surface area contributed by atoms with Crippen LogP contribution in [-0.4, -0.2) is 33.4 Å². The molecule has 0 saturated heterocycles. The Bertz CT molecular complexity index is 964. The van der Waals surface area contributed by atoms with Crippen LogP contribution in [0.5, 0.6) is 11.8 Å². The molecule has 4 rings (SSSR count). The monoisotopic (exact) mass is 377 g/mol. The van der Waals surface area contributed by atoms with E-state index in [0.717, 1.165) is 24.9 Å². The maximum atomic E-state index is 13.1. The van der Waals surface area contributed by atoms with Gasteiger partial charge in [-0.1, -0.05) is 12.1 Å². The van der Waals surface area contributed by atoms with Crippen molar-refractivity contribution in [3.05, 3.63) is 48.3 Å². The maximum absolute atomic E-state index is 13.1. The third-order valence-electron chi connectivity index (χ3n) is 4.89. The fourth-order valence-electron chi connectivity index (χ4n) is 3.01. The highest BCUT2D eigenvalue weighted by Crippen LogP contribution is 2.40. The molecule has 27 heavy (non-hydrogen) atoms. The van der Waals surface area contributed by atoms with Gasteiger partial charge in [-0.05, 0) is 37.6 Å². The van der Waals surface area contributed by atoms with Crippen molar-refractivity contribution in [2.24, 2.45) is 0 Å². The molecule has 1 aromatic carbocycles. The number of aromatic nitrogens is 3. The van der Waals surface area contributed by atoms with Gasteiger partial charge in [-0.15, -0.1) is 0 Å². The zero-order valence-corrected chi connectivity index (χ0v) is 14.8. The second kappa shape index (κ2) is 6.14. The van der Waals surface area contributed by atoms with Crippen LogP contribution in [0.15, 0.2) is 42.7 Å². The van der Waals surface area contributed by atoms with Crippen LogP contribution in [0.1, 0.15) is 19.4 Å². The third kappa shape index (κ3) is 3.09. The fourth-order valence-corrected chi connectivity index (χ4v) is 3.01. The van der Waals surface area contributed by atoms with Gasteiger partial charge in [-0.25, -0.2) is 0 Å². The minimum Gasteiger partial charge on any atom is -0.490 e. The van der Waals surface area contributed by atoms with Gasteiger partial charge in [-0.3, -0.25) is 9.55 Å². The summed E-state index contributed by atoms with van der Waals surface area (Å²) >= 11 is 0. The van der Waals surface area contributed by atoms with Crippen molar-refractivity contribution in [3.63, 3.8) is 0 Å². The predicted molar refractivity (Wildman–Crippen MR) is 93.0 cm³/mol. The molecule has 1 aliphatic rings. The highest BCUT2D eigenvalue weighted by Gasteiger charge is 2.48. The smallest absolute Gasteiger partial charge is 0.397 e. The minimum atomic E-state index is -4.31. The van der Waals surface area contributed by atoms with E-state index in [1.54, 1.807) is 24.5 Å². The van der Waals surface area contributed by atoms with Gasteiger partial charge < -0.3 is 9.47 Å². The quantitative estimate of drug-likeness (QED) is 0.687. The van der Waals surface area contributed by atoms with Gasteiger partial charge in [0.25, 0.3) is 6.01 Å². The molecule has 1 atom stereocenters. The van der Waals surface area contributed by atoms with E-state index in [0.29, 0.717) is 18.3 Å². The van der Waals surface area contributed by atoms with Crippen LogP contribution < -0.4 is 9.47 Å². The largest absolute Gasteiger partial charge is 0.490 e. The SMILES string of the molecule is CC(C)(c1ccc(OC[C@@H]2Cn3c(nc4ccncc43)O2)cc1)C(F)(F)F. The highest BCUT2D eigenvalue weighted by atomic mass is 19.4. The van der Waals surface area contributed by atoms with Gasteiger partial charge in [0.1, 0.15) is 12.4 Å². The second-order valence-electron chi connectivity index (χ2n) is 7.07. The first kappa shape index (κ1) is 17.6. The summed E-state index contributed by atoms with van der Waals surface area (Å²) in [6.07, 6.45) is -1.12. The van der Waals surface area contributed by atoms with E-state index in [9.17, 15) is 13.2 Å². The number of rotatable bonds is 4. The standard InChI is InChI=1S/C19H18F3N3O2/c1-18(2,19(20,21)22)12-3-5-13(6-4-12)26-11-14-10-25-16-9-23-8-7-15(16)24-17(25)27-14/h3-9,14H,10-11H2,1-2H3/t14-/m0/s1. The number of nitrogens with zero attached hydrogens (tertiary/aromatic N) is 3. The molecule has 0 fully saturated rings. The van der Waals surface area contributed by atoms with Gasteiger partial charge >= 0.3 is 6.18 Å². The van der Waals surface area contributed by atoms with Crippen LogP contribution in [0.3, 0.4) is 0 Å². The van der Waals surface area contributed by atoms with Crippen molar-refractivity contribution >= 4 is 11.0 Å². The summed E-state index contributed by atoms with van der Waals surface area (Å²) < 4.78 is 52.8. The average molecular weight is 377 g/mol. The number of ether oxygens (including phenoxy) is 2. The van der Waals surface area contributed by atoms with Gasteiger partial charge in [0.15, 0.2) is 6.10 Å². The Kier molecular flexibility index (Phi) is 4.01. The molecule has 0 saturated carbocycles. The lowest BCUT2D eigenvalue weighted by Gasteiger charge is -2.28. The summed E-state index contributed by atoms with van der Waals surface area (Å²) in [5.74, 6) is 0.497. The number of alkyl halides is 3. The first-order valence-electron chi connectivity index (χ1n) is 8.53. The number of imidazole rings is 1. The number of pyridine rings is 1. The van der Waals surface area contributed by atoms with E-state index in [4.69, 9.17) is 9.47 Å². The van der Waals surface area contributed by atoms with Crippen molar-refractivity contribution in [1.29, 1.82) is 0 Å². The first-order valence-corrected chi connectivity index (χ1v) is 8.53. The molecule has 0 spiro atoms. The second-order valence-corrected chi connectivity index (χ2v) is 7.07. The Morgan fingerprint density at radius 1 is 1.19 bits per heavy atom. The van der Waals surface area contributed by atoms with Gasteiger partial charge in [0.05, 0.1) is 29.2 Å². The fraction of sp³-hybridized carbons (Fsp3) is 0.368. The van der Waals surface area contributed by atoms with Crippen LogP contribution in [0.2, 0.25) is 0 Å². The molecule has 0 bridgehead atoms. The molecule has 142 valence electrons. The molecule has 3 aromatic rings. The minimum absolute atomic E-state index is 0.193. The molecule has 5 nitrogen and oxygen atoms in total. The number of fused-ring (bicyclic) bond motifs is 3. The molecule has 2 aromatic heterocycles. The van der Waals surface area contributed by atoms with E-state index < -0.39 is 11.6 Å². The van der Waals surface area contributed by atoms with Crippen molar-refractivity contribution in [2.75, 3.05) is 6.61 Å². The molecule has 0 N–H and O–H groups in total. The van der Waals surface area contributed by atoms with Crippen LogP contribution >= 0.6 is 0 Å². The van der Waals surface area contributed by atoms with E-state index in [2.05, 4.69) is 9.97 Å². The van der Waals surface area contributed by atoms with Crippen molar-refractivity contribution in [2.45, 2.75) is 38.1 Å². The zero-order chi connectivity index (χ0) is 19.2. The number of hydrogen-bond acceptors (Lipinski definition) is 4. The van der Waals surface area contributed by atoms with Gasteiger partial charge in [0, 0.05) is 6.20 Å². The number of hydrogen-bond donors (Lipinski definition) is 0. The van der Waals surface area contributed by atoms with E-state index >= 15 is 0 Å². The van der Waals surface area contributed by atoms with E-state index in [1.165, 1.54) is 12.1 Å². The molecule has 0 radical (unpaired) electrons. The lowest BCUT2D eigenvalue weighted by atomic mass is 9.84. The predicted octanol–water partition coefficient (Wildman–Crippen LogP) is 4.11. The Labute approximate surface area is 153 Å². The molecular weight excluding hydrogens is 359 g/mol. The van der Waals surface area contributed by atoms with Crippen molar-refractivity contribution in [1.82, 2.24) is 14.5 Å². The maximum Gasteiger partial charge on any atom is 0.397 e. The zero-order valence-electron chi connectivity index (χ0n) is 14.8. The van der Waals surface area contributed by atoms with Crippen molar-refractivity contribution in [3.8, 4) is 11.8 Å². The van der Waals surface area contributed by atoms with Crippen molar-refractivity contribution < 1.29 is 22.6 Å². The lowest BCUT2D eigenvalue weighted by Crippen LogP contribution is -2.36. The van der Waals surface area contributed by atoms with E-state index in [-0.39, 0.29) is 18.3 Å². The summed E-state index contributed by atoms with van der Waals surface area (Å²) in [6, 6.07) is 8.34. The molecule has 0 aliphatic carbocycles. The van der Waals surface area contributed by atoms with Crippen LogP contribution in [-0.2, 0) is 12.0 Å². The number of benzene rings is 1. The number of halogens is 3. The van der Waals surface area contributed by atoms with Crippen LogP contribution in [0.4, 0.5) is 13.2 Å².